The van der Waals surface area contributed by atoms with Gasteiger partial charge in [0, 0.05) is 29.0 Å². The van der Waals surface area contributed by atoms with Crippen LogP contribution < -0.4 is 14.9 Å². The number of hydrazone groups is 1. The van der Waals surface area contributed by atoms with E-state index in [1.54, 1.807) is 42.5 Å². The smallest absolute Gasteiger partial charge is 0.243 e. The van der Waals surface area contributed by atoms with Gasteiger partial charge in [-0.05, 0) is 53.0 Å². The molecule has 8 nitrogen and oxygen atoms in total. The highest BCUT2D eigenvalue weighted by Crippen LogP contribution is 2.36. The van der Waals surface area contributed by atoms with Crippen LogP contribution in [0.1, 0.15) is 18.4 Å². The maximum atomic E-state index is 12.7. The predicted molar refractivity (Wildman–Crippen MR) is 114 cm³/mol. The molecule has 4 rings (SSSR count). The van der Waals surface area contributed by atoms with Crippen LogP contribution >= 0.6 is 15.9 Å². The Kier molecular flexibility index (Phi) is 6.07. The molecule has 2 aromatic rings. The number of amides is 1. The van der Waals surface area contributed by atoms with E-state index in [1.165, 1.54) is 10.5 Å². The first-order valence-corrected chi connectivity index (χ1v) is 11.7. The van der Waals surface area contributed by atoms with E-state index in [1.807, 2.05) is 0 Å². The standard InChI is InChI=1S/C20H20BrN3O5S/c21-17-11-19-18(28-13-29-19)10-15(17)12-22-23-20(25)14-6-8-24(9-7-14)30(26,27)16-4-2-1-3-5-16/h1-5,10-12,14H,6-9,13H2,(H,23,25)/b22-12-. The molecule has 1 fully saturated rings. The predicted octanol–water partition coefficient (Wildman–Crippen LogP) is 2.73. The number of carbonyl (C=O) groups excluding carboxylic acids is 1. The number of benzene rings is 2. The van der Waals surface area contributed by atoms with Crippen molar-refractivity contribution in [2.24, 2.45) is 11.0 Å². The third-order valence-electron chi connectivity index (χ3n) is 5.08. The van der Waals surface area contributed by atoms with E-state index >= 15 is 0 Å². The number of sulfonamides is 1. The van der Waals surface area contributed by atoms with E-state index in [2.05, 4.69) is 26.5 Å². The lowest BCUT2D eigenvalue weighted by molar-refractivity contribution is -0.126. The molecule has 0 unspecified atom stereocenters. The SMILES string of the molecule is O=C(N/N=C\c1cc2c(cc1Br)OCO2)C1CCN(S(=O)(=O)c2ccccc2)CC1. The van der Waals surface area contributed by atoms with Crippen molar-refractivity contribution < 1.29 is 22.7 Å². The van der Waals surface area contributed by atoms with Crippen LogP contribution in [0.25, 0.3) is 0 Å². The van der Waals surface area contributed by atoms with Crippen LogP contribution in [0.5, 0.6) is 11.5 Å². The summed E-state index contributed by atoms with van der Waals surface area (Å²) in [6.45, 7) is 0.775. The fraction of sp³-hybridized carbons (Fsp3) is 0.300. The maximum absolute atomic E-state index is 12.7. The number of hydrogen-bond acceptors (Lipinski definition) is 6. The molecule has 0 spiro atoms. The number of halogens is 1. The number of hydrogen-bond donors (Lipinski definition) is 1. The molecule has 10 heteroatoms. The third kappa shape index (κ3) is 4.35. The van der Waals surface area contributed by atoms with E-state index in [9.17, 15) is 13.2 Å². The van der Waals surface area contributed by atoms with Crippen molar-refractivity contribution in [3.05, 3.63) is 52.5 Å². The molecule has 2 aromatic carbocycles. The van der Waals surface area contributed by atoms with Crippen molar-refractivity contribution in [3.63, 3.8) is 0 Å². The zero-order valence-electron chi connectivity index (χ0n) is 16.0. The summed E-state index contributed by atoms with van der Waals surface area (Å²) in [5, 5.41) is 4.04. The summed E-state index contributed by atoms with van der Waals surface area (Å²) in [4.78, 5) is 12.7. The molecule has 30 heavy (non-hydrogen) atoms. The summed E-state index contributed by atoms with van der Waals surface area (Å²) >= 11 is 3.44. The molecule has 158 valence electrons. The summed E-state index contributed by atoms with van der Waals surface area (Å²) in [5.74, 6) is 0.766. The molecule has 1 amide bonds. The van der Waals surface area contributed by atoms with Gasteiger partial charge in [0.05, 0.1) is 11.1 Å². The van der Waals surface area contributed by atoms with Crippen molar-refractivity contribution in [1.29, 1.82) is 0 Å². The fourth-order valence-electron chi connectivity index (χ4n) is 3.39. The Labute approximate surface area is 183 Å². The molecule has 0 radical (unpaired) electrons. The van der Waals surface area contributed by atoms with Crippen molar-refractivity contribution in [3.8, 4) is 11.5 Å². The molecule has 2 heterocycles. The minimum Gasteiger partial charge on any atom is -0.454 e. The fourth-order valence-corrected chi connectivity index (χ4v) is 5.30. The quantitative estimate of drug-likeness (QED) is 0.510. The summed E-state index contributed by atoms with van der Waals surface area (Å²) in [7, 11) is -3.53. The number of piperidine rings is 1. The van der Waals surface area contributed by atoms with E-state index in [0.29, 0.717) is 37.4 Å². The second kappa shape index (κ2) is 8.75. The summed E-state index contributed by atoms with van der Waals surface area (Å²) < 4.78 is 38.2. The Balaban J connectivity index is 1.32. The molecule has 0 bridgehead atoms. The molecular formula is C20H20BrN3O5S. The van der Waals surface area contributed by atoms with Crippen molar-refractivity contribution >= 4 is 38.1 Å². The number of rotatable bonds is 5. The first-order valence-electron chi connectivity index (χ1n) is 9.42. The first-order chi connectivity index (χ1) is 14.4. The van der Waals surface area contributed by atoms with Gasteiger partial charge in [-0.25, -0.2) is 13.8 Å². The minimum atomic E-state index is -3.53. The van der Waals surface area contributed by atoms with Crippen molar-refractivity contribution in [1.82, 2.24) is 9.73 Å². The summed E-state index contributed by atoms with van der Waals surface area (Å²) in [6, 6.07) is 11.9. The van der Waals surface area contributed by atoms with E-state index in [4.69, 9.17) is 9.47 Å². The highest BCUT2D eigenvalue weighted by Gasteiger charge is 2.31. The van der Waals surface area contributed by atoms with E-state index < -0.39 is 10.0 Å². The van der Waals surface area contributed by atoms with Crippen LogP contribution in [-0.4, -0.2) is 44.7 Å². The zero-order valence-corrected chi connectivity index (χ0v) is 18.4. The van der Waals surface area contributed by atoms with Gasteiger partial charge in [0.15, 0.2) is 11.5 Å². The van der Waals surface area contributed by atoms with Gasteiger partial charge in [-0.2, -0.15) is 9.41 Å². The molecule has 0 aromatic heterocycles. The Morgan fingerprint density at radius 1 is 1.13 bits per heavy atom. The molecule has 1 N–H and O–H groups in total. The lowest BCUT2D eigenvalue weighted by Gasteiger charge is -2.30. The number of fused-ring (bicyclic) bond motifs is 1. The third-order valence-corrected chi connectivity index (χ3v) is 7.68. The molecule has 0 atom stereocenters. The van der Waals surface area contributed by atoms with Crippen LogP contribution in [0.2, 0.25) is 0 Å². The Morgan fingerprint density at radius 2 is 1.80 bits per heavy atom. The monoisotopic (exact) mass is 493 g/mol. The van der Waals surface area contributed by atoms with Crippen LogP contribution in [0, 0.1) is 5.92 Å². The summed E-state index contributed by atoms with van der Waals surface area (Å²) in [6.07, 6.45) is 2.42. The topological polar surface area (TPSA) is 97.3 Å². The maximum Gasteiger partial charge on any atom is 0.243 e. The van der Waals surface area contributed by atoms with E-state index in [-0.39, 0.29) is 23.5 Å². The van der Waals surface area contributed by atoms with Gasteiger partial charge in [-0.15, -0.1) is 0 Å². The molecule has 1 saturated heterocycles. The second-order valence-corrected chi connectivity index (χ2v) is 9.74. The minimum absolute atomic E-state index is 0.178. The number of nitrogens with zero attached hydrogens (tertiary/aromatic N) is 2. The highest BCUT2D eigenvalue weighted by atomic mass is 79.9. The first kappa shape index (κ1) is 20.8. The van der Waals surface area contributed by atoms with Crippen LogP contribution in [0.3, 0.4) is 0 Å². The number of ether oxygens (including phenoxy) is 2. The van der Waals surface area contributed by atoms with Gasteiger partial charge >= 0.3 is 0 Å². The highest BCUT2D eigenvalue weighted by molar-refractivity contribution is 9.10. The molecule has 2 aliphatic heterocycles. The molecule has 0 aliphatic carbocycles. The van der Waals surface area contributed by atoms with Gasteiger partial charge < -0.3 is 9.47 Å². The van der Waals surface area contributed by atoms with Crippen molar-refractivity contribution in [2.45, 2.75) is 17.7 Å². The Bertz CT molecular complexity index is 1070. The summed E-state index contributed by atoms with van der Waals surface area (Å²) in [5.41, 5.74) is 3.29. The molecular weight excluding hydrogens is 474 g/mol. The van der Waals surface area contributed by atoms with E-state index in [0.717, 1.165) is 10.0 Å². The van der Waals surface area contributed by atoms with Gasteiger partial charge in [0.1, 0.15) is 0 Å². The Hall–Kier alpha value is -2.43. The average molecular weight is 494 g/mol. The van der Waals surface area contributed by atoms with Gasteiger partial charge in [-0.1, -0.05) is 18.2 Å². The van der Waals surface area contributed by atoms with Gasteiger partial charge in [0.25, 0.3) is 0 Å². The van der Waals surface area contributed by atoms with Crippen LogP contribution in [-0.2, 0) is 14.8 Å². The average Bonchev–Trinajstić information content (AvgIpc) is 3.21. The largest absolute Gasteiger partial charge is 0.454 e. The molecule has 0 saturated carbocycles. The van der Waals surface area contributed by atoms with Crippen LogP contribution in [0.15, 0.2) is 56.9 Å². The van der Waals surface area contributed by atoms with Gasteiger partial charge in [-0.3, -0.25) is 4.79 Å². The zero-order chi connectivity index (χ0) is 21.1. The normalized spacial score (nSPS) is 17.4. The van der Waals surface area contributed by atoms with Crippen molar-refractivity contribution in [2.75, 3.05) is 19.9 Å². The van der Waals surface area contributed by atoms with Gasteiger partial charge in [0.2, 0.25) is 22.7 Å². The second-order valence-electron chi connectivity index (χ2n) is 6.95. The van der Waals surface area contributed by atoms with Crippen LogP contribution in [0.4, 0.5) is 0 Å². The molecule has 2 aliphatic rings. The Morgan fingerprint density at radius 3 is 2.50 bits per heavy atom. The number of nitrogens with one attached hydrogen (secondary N) is 1. The lowest BCUT2D eigenvalue weighted by atomic mass is 9.98. The lowest BCUT2D eigenvalue weighted by Crippen LogP contribution is -2.42. The number of carbonyl (C=O) groups is 1.